The maximum absolute atomic E-state index is 12.0. The minimum absolute atomic E-state index is 0. The van der Waals surface area contributed by atoms with Gasteiger partial charge in [0.2, 0.25) is 0 Å². The Balaban J connectivity index is 0.00000242. The Morgan fingerprint density at radius 1 is 1.36 bits per heavy atom. The number of carbonyl (C=O) groups is 1. The summed E-state index contributed by atoms with van der Waals surface area (Å²) in [7, 11) is 0. The molecular weight excluding hydrogens is 318 g/mol. The number of nitrogens with one attached hydrogen (secondary N) is 1. The average Bonchev–Trinajstić information content (AvgIpc) is 2.93. The molecule has 1 aliphatic carbocycles. The number of rotatable bonds is 4. The van der Waals surface area contributed by atoms with E-state index in [1.807, 2.05) is 0 Å². The minimum atomic E-state index is -0.0658. The number of thiazole rings is 1. The second-order valence-corrected chi connectivity index (χ2v) is 8.07. The first-order chi connectivity index (χ1) is 9.90. The monoisotopic (exact) mass is 345 g/mol. The molecule has 22 heavy (non-hydrogen) atoms. The highest BCUT2D eigenvalue weighted by Gasteiger charge is 2.29. The molecule has 1 aliphatic rings. The van der Waals surface area contributed by atoms with Crippen molar-refractivity contribution < 1.29 is 4.79 Å². The van der Waals surface area contributed by atoms with Crippen LogP contribution in [0, 0.1) is 17.3 Å². The van der Waals surface area contributed by atoms with Crippen molar-refractivity contribution in [1.82, 2.24) is 10.3 Å². The van der Waals surface area contributed by atoms with E-state index in [2.05, 4.69) is 31.1 Å². The molecule has 6 heteroatoms. The van der Waals surface area contributed by atoms with Crippen LogP contribution in [0.15, 0.2) is 5.38 Å². The third-order valence-corrected chi connectivity index (χ3v) is 5.45. The van der Waals surface area contributed by atoms with Crippen molar-refractivity contribution in [2.75, 3.05) is 6.54 Å². The summed E-state index contributed by atoms with van der Waals surface area (Å²) in [5, 5.41) is 5.62. The number of nitrogens with two attached hydrogens (primary N) is 1. The molecule has 0 radical (unpaired) electrons. The van der Waals surface area contributed by atoms with Gasteiger partial charge in [0.25, 0.3) is 5.91 Å². The molecule has 0 aliphatic heterocycles. The van der Waals surface area contributed by atoms with E-state index >= 15 is 0 Å². The highest BCUT2D eigenvalue weighted by atomic mass is 35.5. The summed E-state index contributed by atoms with van der Waals surface area (Å²) in [6.07, 6.45) is 4.98. The number of aromatic nitrogens is 1. The van der Waals surface area contributed by atoms with Gasteiger partial charge in [0.1, 0.15) is 10.7 Å². The lowest BCUT2D eigenvalue weighted by Gasteiger charge is -2.37. The molecule has 4 nitrogen and oxygen atoms in total. The first-order valence-electron chi connectivity index (χ1n) is 7.83. The van der Waals surface area contributed by atoms with Gasteiger partial charge in [-0.3, -0.25) is 4.79 Å². The van der Waals surface area contributed by atoms with Crippen LogP contribution in [0.4, 0.5) is 0 Å². The number of halogens is 1. The minimum Gasteiger partial charge on any atom is -0.350 e. The Hall–Kier alpha value is -0.650. The number of nitrogens with zero attached hydrogens (tertiary/aromatic N) is 1. The van der Waals surface area contributed by atoms with Gasteiger partial charge in [-0.1, -0.05) is 20.8 Å². The molecule has 0 bridgehead atoms. The van der Waals surface area contributed by atoms with E-state index in [0.717, 1.165) is 17.5 Å². The lowest BCUT2D eigenvalue weighted by Crippen LogP contribution is -2.33. The van der Waals surface area contributed by atoms with Crippen molar-refractivity contribution in [3.8, 4) is 0 Å². The number of hydrogen-bond acceptors (Lipinski definition) is 4. The van der Waals surface area contributed by atoms with Gasteiger partial charge in [-0.15, -0.1) is 23.7 Å². The fourth-order valence-electron chi connectivity index (χ4n) is 3.07. The van der Waals surface area contributed by atoms with Gasteiger partial charge < -0.3 is 11.1 Å². The first-order valence-corrected chi connectivity index (χ1v) is 8.70. The lowest BCUT2D eigenvalue weighted by molar-refractivity contribution is 0.0927. The zero-order valence-electron chi connectivity index (χ0n) is 13.7. The van der Waals surface area contributed by atoms with Crippen molar-refractivity contribution in [2.24, 2.45) is 23.0 Å². The number of hydrogen-bond donors (Lipinski definition) is 2. The van der Waals surface area contributed by atoms with Gasteiger partial charge in [-0.05, 0) is 42.9 Å². The second kappa shape index (κ2) is 8.27. The van der Waals surface area contributed by atoms with E-state index in [0.29, 0.717) is 23.6 Å². The molecule has 0 spiro atoms. The van der Waals surface area contributed by atoms with Crippen molar-refractivity contribution in [2.45, 2.75) is 53.0 Å². The zero-order valence-corrected chi connectivity index (χ0v) is 15.4. The van der Waals surface area contributed by atoms with E-state index in [1.54, 1.807) is 5.38 Å². The molecule has 0 unspecified atom stereocenters. The van der Waals surface area contributed by atoms with Crippen LogP contribution in [0.3, 0.4) is 0 Å². The van der Waals surface area contributed by atoms with Crippen LogP contribution in [0.1, 0.15) is 62.0 Å². The van der Waals surface area contributed by atoms with Crippen LogP contribution in [-0.2, 0) is 6.54 Å². The summed E-state index contributed by atoms with van der Waals surface area (Å²) < 4.78 is 0. The lowest BCUT2D eigenvalue weighted by atomic mass is 9.70. The predicted molar refractivity (Wildman–Crippen MR) is 94.5 cm³/mol. The summed E-state index contributed by atoms with van der Waals surface area (Å²) in [4.78, 5) is 16.3. The molecule has 3 N–H and O–H groups in total. The van der Waals surface area contributed by atoms with Crippen LogP contribution in [0.2, 0.25) is 0 Å². The summed E-state index contributed by atoms with van der Waals surface area (Å²) in [6, 6.07) is 0. The second-order valence-electron chi connectivity index (χ2n) is 7.12. The quantitative estimate of drug-likeness (QED) is 0.875. The third kappa shape index (κ3) is 5.21. The molecule has 0 atom stereocenters. The van der Waals surface area contributed by atoms with Gasteiger partial charge in [-0.2, -0.15) is 0 Å². The van der Waals surface area contributed by atoms with Crippen LogP contribution < -0.4 is 11.1 Å². The maximum Gasteiger partial charge on any atom is 0.270 e. The van der Waals surface area contributed by atoms with Crippen molar-refractivity contribution >= 4 is 29.7 Å². The van der Waals surface area contributed by atoms with Crippen LogP contribution in [0.5, 0.6) is 0 Å². The normalized spacial score (nSPS) is 22.0. The topological polar surface area (TPSA) is 68.0 Å². The molecule has 0 aromatic carbocycles. The van der Waals surface area contributed by atoms with E-state index in [9.17, 15) is 4.79 Å². The molecule has 1 aromatic rings. The van der Waals surface area contributed by atoms with Crippen molar-refractivity contribution in [3.05, 3.63) is 16.1 Å². The maximum atomic E-state index is 12.0. The molecule has 1 fully saturated rings. The number of carbonyl (C=O) groups excluding carboxylic acids is 1. The van der Waals surface area contributed by atoms with Gasteiger partial charge >= 0.3 is 0 Å². The Labute approximate surface area is 143 Å². The van der Waals surface area contributed by atoms with Crippen molar-refractivity contribution in [3.63, 3.8) is 0 Å². The van der Waals surface area contributed by atoms with E-state index < -0.39 is 0 Å². The summed E-state index contributed by atoms with van der Waals surface area (Å²) >= 11 is 1.45. The highest BCUT2D eigenvalue weighted by Crippen LogP contribution is 2.39. The van der Waals surface area contributed by atoms with Gasteiger partial charge in [-0.25, -0.2) is 4.98 Å². The SMILES string of the molecule is CC(C)(C)C1CCC(CNC(=O)c2csc(CN)n2)CC1.Cl. The van der Waals surface area contributed by atoms with Gasteiger partial charge in [0.15, 0.2) is 0 Å². The molecule has 0 saturated heterocycles. The molecule has 126 valence electrons. The smallest absolute Gasteiger partial charge is 0.270 e. The average molecular weight is 346 g/mol. The molecular formula is C16H28ClN3OS. The fourth-order valence-corrected chi connectivity index (χ4v) is 3.72. The summed E-state index contributed by atoms with van der Waals surface area (Å²) in [5.74, 6) is 1.36. The zero-order chi connectivity index (χ0) is 15.5. The Bertz CT molecular complexity index is 476. The van der Waals surface area contributed by atoms with Gasteiger partial charge in [0, 0.05) is 18.5 Å². The van der Waals surface area contributed by atoms with E-state index in [1.165, 1.54) is 37.0 Å². The van der Waals surface area contributed by atoms with Crippen molar-refractivity contribution in [1.29, 1.82) is 0 Å². The first kappa shape index (κ1) is 19.4. The van der Waals surface area contributed by atoms with Crippen LogP contribution >= 0.6 is 23.7 Å². The van der Waals surface area contributed by atoms with Crippen LogP contribution in [-0.4, -0.2) is 17.4 Å². The Morgan fingerprint density at radius 2 is 2.00 bits per heavy atom. The third-order valence-electron chi connectivity index (χ3n) is 4.58. The largest absolute Gasteiger partial charge is 0.350 e. The highest BCUT2D eigenvalue weighted by molar-refractivity contribution is 7.09. The standard InChI is InChI=1S/C16H27N3OS.ClH/c1-16(2,3)12-6-4-11(5-7-12)9-18-15(20)13-10-21-14(8-17)19-13;/h10-12H,4-9,17H2,1-3H3,(H,18,20);1H. The van der Waals surface area contributed by atoms with Gasteiger partial charge in [0.05, 0.1) is 0 Å². The predicted octanol–water partition coefficient (Wildman–Crippen LogP) is 3.61. The Kier molecular flexibility index (Phi) is 7.29. The molecule has 1 heterocycles. The summed E-state index contributed by atoms with van der Waals surface area (Å²) in [5.41, 5.74) is 6.43. The molecule has 1 amide bonds. The number of amides is 1. The van der Waals surface area contributed by atoms with E-state index in [4.69, 9.17) is 5.73 Å². The summed E-state index contributed by atoms with van der Waals surface area (Å²) in [6.45, 7) is 8.16. The van der Waals surface area contributed by atoms with E-state index in [-0.39, 0.29) is 18.3 Å². The molecule has 1 saturated carbocycles. The molecule has 1 aromatic heterocycles. The molecule has 2 rings (SSSR count). The fraction of sp³-hybridized carbons (Fsp3) is 0.750. The Morgan fingerprint density at radius 3 is 2.50 bits per heavy atom. The van der Waals surface area contributed by atoms with Crippen LogP contribution in [0.25, 0.3) is 0 Å².